The molecule has 1 N–H and O–H groups in total. The van der Waals surface area contributed by atoms with E-state index in [4.69, 9.17) is 16.3 Å². The largest absolute Gasteiger partial charge is 0.484 e. The molecule has 3 rings (SSSR count). The maximum absolute atomic E-state index is 13.6. The number of nitrogens with zero attached hydrogens (tertiary/aromatic N) is 1. The third kappa shape index (κ3) is 7.33. The number of amides is 2. The number of hydrogen-bond donors (Lipinski definition) is 1. The summed E-state index contributed by atoms with van der Waals surface area (Å²) in [6, 6.07) is 20.7. The lowest BCUT2D eigenvalue weighted by atomic mass is 10.0. The van der Waals surface area contributed by atoms with Crippen LogP contribution in [0.3, 0.4) is 0 Å². The summed E-state index contributed by atoms with van der Waals surface area (Å²) in [5.74, 6) is 0.130. The SMILES string of the molecule is CCNC(=O)[C@@H](Cc1ccccc1)N(Cc1cccc(C)c1)C(=O)COc1cc(C)c(Cl)c(C)c1. The third-order valence-electron chi connectivity index (χ3n) is 5.83. The van der Waals surface area contributed by atoms with Crippen LogP contribution in [0.5, 0.6) is 5.75 Å². The zero-order valence-corrected chi connectivity index (χ0v) is 21.6. The van der Waals surface area contributed by atoms with Gasteiger partial charge in [0.2, 0.25) is 5.91 Å². The normalized spacial score (nSPS) is 11.6. The van der Waals surface area contributed by atoms with E-state index in [0.29, 0.717) is 30.3 Å². The van der Waals surface area contributed by atoms with E-state index in [9.17, 15) is 9.59 Å². The van der Waals surface area contributed by atoms with Crippen LogP contribution in [0, 0.1) is 20.8 Å². The van der Waals surface area contributed by atoms with E-state index >= 15 is 0 Å². The average molecular weight is 493 g/mol. The second kappa shape index (κ2) is 12.4. The smallest absolute Gasteiger partial charge is 0.261 e. The van der Waals surface area contributed by atoms with Crippen LogP contribution < -0.4 is 10.1 Å². The zero-order chi connectivity index (χ0) is 25.4. The third-order valence-corrected chi connectivity index (χ3v) is 6.43. The maximum Gasteiger partial charge on any atom is 0.261 e. The molecule has 2 amide bonds. The van der Waals surface area contributed by atoms with Crippen molar-refractivity contribution in [2.75, 3.05) is 13.2 Å². The van der Waals surface area contributed by atoms with Crippen LogP contribution in [0.15, 0.2) is 66.7 Å². The Morgan fingerprint density at radius 2 is 1.60 bits per heavy atom. The lowest BCUT2D eigenvalue weighted by Crippen LogP contribution is -2.51. The molecule has 5 nitrogen and oxygen atoms in total. The van der Waals surface area contributed by atoms with E-state index in [2.05, 4.69) is 5.32 Å². The van der Waals surface area contributed by atoms with Crippen LogP contribution in [-0.2, 0) is 22.6 Å². The summed E-state index contributed by atoms with van der Waals surface area (Å²) in [5, 5.41) is 3.59. The number of hydrogen-bond acceptors (Lipinski definition) is 3. The van der Waals surface area contributed by atoms with Crippen molar-refractivity contribution in [2.24, 2.45) is 0 Å². The van der Waals surface area contributed by atoms with E-state index in [-0.39, 0.29) is 18.4 Å². The van der Waals surface area contributed by atoms with E-state index in [1.165, 1.54) is 0 Å². The Hall–Kier alpha value is -3.31. The number of aryl methyl sites for hydroxylation is 3. The first-order chi connectivity index (χ1) is 16.8. The number of carbonyl (C=O) groups is 2. The Morgan fingerprint density at radius 3 is 2.23 bits per heavy atom. The second-order valence-corrected chi connectivity index (χ2v) is 9.15. The molecule has 3 aromatic carbocycles. The van der Waals surface area contributed by atoms with Crippen LogP contribution in [-0.4, -0.2) is 35.9 Å². The summed E-state index contributed by atoms with van der Waals surface area (Å²) in [7, 11) is 0. The van der Waals surface area contributed by atoms with Crippen LogP contribution in [0.4, 0.5) is 0 Å². The first-order valence-electron chi connectivity index (χ1n) is 11.8. The molecule has 0 aliphatic heterocycles. The molecule has 0 aliphatic rings. The molecule has 184 valence electrons. The summed E-state index contributed by atoms with van der Waals surface area (Å²) in [5.41, 5.74) is 4.80. The van der Waals surface area contributed by atoms with Crippen molar-refractivity contribution in [3.63, 3.8) is 0 Å². The summed E-state index contributed by atoms with van der Waals surface area (Å²) < 4.78 is 5.89. The standard InChI is InChI=1S/C29H33ClN2O3/c1-5-31-29(34)26(17-23-11-7-6-8-12-23)32(18-24-13-9-10-20(2)14-24)27(33)19-35-25-15-21(3)28(30)22(4)16-25/h6-16,26H,5,17-19H2,1-4H3,(H,31,34)/t26-/m1/s1. The highest BCUT2D eigenvalue weighted by Crippen LogP contribution is 2.26. The van der Waals surface area contributed by atoms with Gasteiger partial charge in [0.25, 0.3) is 5.91 Å². The number of likely N-dealkylation sites (N-methyl/N-ethyl adjacent to an activating group) is 1. The molecule has 0 unspecified atom stereocenters. The lowest BCUT2D eigenvalue weighted by Gasteiger charge is -2.31. The summed E-state index contributed by atoms with van der Waals surface area (Å²) >= 11 is 6.27. The van der Waals surface area contributed by atoms with E-state index in [1.54, 1.807) is 4.90 Å². The van der Waals surface area contributed by atoms with Crippen molar-refractivity contribution in [2.45, 2.75) is 46.7 Å². The molecule has 0 heterocycles. The fourth-order valence-corrected chi connectivity index (χ4v) is 4.18. The van der Waals surface area contributed by atoms with Gasteiger partial charge in [-0.3, -0.25) is 9.59 Å². The molecule has 6 heteroatoms. The first kappa shape index (κ1) is 26.3. The first-order valence-corrected chi connectivity index (χ1v) is 12.2. The zero-order valence-electron chi connectivity index (χ0n) is 20.8. The fraction of sp³-hybridized carbons (Fsp3) is 0.310. The fourth-order valence-electron chi connectivity index (χ4n) is 4.07. The quantitative estimate of drug-likeness (QED) is 0.411. The van der Waals surface area contributed by atoms with Gasteiger partial charge in [-0.25, -0.2) is 0 Å². The Kier molecular flexibility index (Phi) is 9.32. The van der Waals surface area contributed by atoms with Crippen molar-refractivity contribution in [1.29, 1.82) is 0 Å². The van der Waals surface area contributed by atoms with Crippen LogP contribution in [0.2, 0.25) is 5.02 Å². The summed E-state index contributed by atoms with van der Waals surface area (Å²) in [4.78, 5) is 28.4. The number of nitrogens with one attached hydrogen (secondary N) is 1. The van der Waals surface area contributed by atoms with Crippen molar-refractivity contribution >= 4 is 23.4 Å². The van der Waals surface area contributed by atoms with Gasteiger partial charge < -0.3 is 15.0 Å². The molecular formula is C29H33ClN2O3. The lowest BCUT2D eigenvalue weighted by molar-refractivity contribution is -0.142. The monoisotopic (exact) mass is 492 g/mol. The highest BCUT2D eigenvalue weighted by atomic mass is 35.5. The van der Waals surface area contributed by atoms with Crippen molar-refractivity contribution in [3.05, 3.63) is 99.6 Å². The van der Waals surface area contributed by atoms with E-state index in [1.807, 2.05) is 94.4 Å². The molecule has 35 heavy (non-hydrogen) atoms. The topological polar surface area (TPSA) is 58.6 Å². The van der Waals surface area contributed by atoms with Crippen molar-refractivity contribution < 1.29 is 14.3 Å². The van der Waals surface area contributed by atoms with Gasteiger partial charge in [-0.05, 0) is 62.1 Å². The molecule has 0 radical (unpaired) electrons. The minimum absolute atomic E-state index is 0.184. The van der Waals surface area contributed by atoms with Crippen molar-refractivity contribution in [3.8, 4) is 5.75 Å². The summed E-state index contributed by atoms with van der Waals surface area (Å²) in [6.07, 6.45) is 0.406. The summed E-state index contributed by atoms with van der Waals surface area (Å²) in [6.45, 7) is 8.29. The van der Waals surface area contributed by atoms with E-state index < -0.39 is 6.04 Å². The van der Waals surface area contributed by atoms with Crippen LogP contribution in [0.25, 0.3) is 0 Å². The van der Waals surface area contributed by atoms with Gasteiger partial charge in [0, 0.05) is 24.5 Å². The molecular weight excluding hydrogens is 460 g/mol. The molecule has 0 fully saturated rings. The molecule has 0 saturated heterocycles. The number of carbonyl (C=O) groups excluding carboxylic acids is 2. The molecule has 1 atom stereocenters. The van der Waals surface area contributed by atoms with Gasteiger partial charge in [-0.2, -0.15) is 0 Å². The van der Waals surface area contributed by atoms with E-state index in [0.717, 1.165) is 27.8 Å². The number of ether oxygens (including phenoxy) is 1. The Bertz CT molecular complexity index is 1140. The number of halogens is 1. The molecule has 0 saturated carbocycles. The Balaban J connectivity index is 1.90. The van der Waals surface area contributed by atoms with Gasteiger partial charge >= 0.3 is 0 Å². The molecule has 0 aliphatic carbocycles. The van der Waals surface area contributed by atoms with Gasteiger partial charge in [0.15, 0.2) is 6.61 Å². The average Bonchev–Trinajstić information content (AvgIpc) is 2.84. The Labute approximate surface area is 213 Å². The molecule has 0 spiro atoms. The van der Waals surface area contributed by atoms with Crippen molar-refractivity contribution in [1.82, 2.24) is 10.2 Å². The van der Waals surface area contributed by atoms with Gasteiger partial charge in [-0.1, -0.05) is 71.8 Å². The van der Waals surface area contributed by atoms with Crippen LogP contribution in [0.1, 0.15) is 34.7 Å². The van der Waals surface area contributed by atoms with Gasteiger partial charge in [0.1, 0.15) is 11.8 Å². The Morgan fingerprint density at radius 1 is 0.943 bits per heavy atom. The molecule has 3 aromatic rings. The number of benzene rings is 3. The molecule has 0 aromatic heterocycles. The number of rotatable bonds is 10. The maximum atomic E-state index is 13.6. The predicted octanol–water partition coefficient (Wildman–Crippen LogP) is 5.42. The van der Waals surface area contributed by atoms with Gasteiger partial charge in [-0.15, -0.1) is 0 Å². The van der Waals surface area contributed by atoms with Gasteiger partial charge in [0.05, 0.1) is 0 Å². The molecule has 0 bridgehead atoms. The predicted molar refractivity (Wildman–Crippen MR) is 141 cm³/mol. The van der Waals surface area contributed by atoms with Crippen LogP contribution >= 0.6 is 11.6 Å². The second-order valence-electron chi connectivity index (χ2n) is 8.77. The highest BCUT2D eigenvalue weighted by Gasteiger charge is 2.30. The highest BCUT2D eigenvalue weighted by molar-refractivity contribution is 6.32. The minimum Gasteiger partial charge on any atom is -0.484 e. The minimum atomic E-state index is -0.678.